The number of ether oxygens (including phenoxy) is 7. The molecule has 0 aromatic rings. The Morgan fingerprint density at radius 3 is 1.26 bits per heavy atom. The van der Waals surface area contributed by atoms with Gasteiger partial charge in [-0.3, -0.25) is 14.4 Å². The van der Waals surface area contributed by atoms with Gasteiger partial charge in [0.2, 0.25) is 6.10 Å². The highest BCUT2D eigenvalue weighted by Crippen LogP contribution is 2.58. The number of carbonyl (C=O) groups excluding carboxylic acids is 4. The van der Waals surface area contributed by atoms with Crippen molar-refractivity contribution in [1.29, 1.82) is 0 Å². The van der Waals surface area contributed by atoms with Crippen molar-refractivity contribution in [1.82, 2.24) is 0 Å². The molecular weight excluding hydrogens is 1050 g/mol. The molecule has 4 fully saturated rings. The van der Waals surface area contributed by atoms with Crippen LogP contribution in [0.1, 0.15) is 115 Å². The first-order valence-electron chi connectivity index (χ1n) is 21.9. The molecule has 1 aliphatic carbocycles. The van der Waals surface area contributed by atoms with Crippen LogP contribution < -0.4 is 0 Å². The van der Waals surface area contributed by atoms with Gasteiger partial charge in [-0.15, -0.1) is 0 Å². The second-order valence-corrected chi connectivity index (χ2v) is 20.0. The molecule has 13 nitrogen and oxygen atoms in total. The Morgan fingerprint density at radius 1 is 0.562 bits per heavy atom. The molecule has 1 saturated carbocycles. The topological polar surface area (TPSA) is 173 Å². The van der Waals surface area contributed by atoms with Crippen LogP contribution in [0.5, 0.6) is 0 Å². The van der Waals surface area contributed by atoms with Crippen molar-refractivity contribution in [3.05, 3.63) is 0 Å². The Hall–Kier alpha value is -3.58. The van der Waals surface area contributed by atoms with Gasteiger partial charge in [-0.05, 0) is 93.9 Å². The van der Waals surface area contributed by atoms with Gasteiger partial charge in [-0.1, -0.05) is 20.8 Å². The van der Waals surface area contributed by atoms with Crippen LogP contribution in [0, 0.1) is 28.1 Å². The molecule has 0 aromatic carbocycles. The minimum Gasteiger partial charge on any atom is -0.462 e. The maximum absolute atomic E-state index is 13.3. The molecule has 0 aromatic heterocycles. The lowest BCUT2D eigenvalue weighted by atomic mass is 9.65. The minimum atomic E-state index is -6.58. The molecule has 428 valence electrons. The molecule has 0 spiro atoms. The maximum Gasteiger partial charge on any atom is 0.434 e. The molecule has 3 heterocycles. The zero-order valence-electron chi connectivity index (χ0n) is 40.6. The van der Waals surface area contributed by atoms with Crippen LogP contribution in [-0.2, 0) is 52.3 Å². The van der Waals surface area contributed by atoms with E-state index in [2.05, 4.69) is 4.74 Å². The number of rotatable bonds is 11. The number of aliphatic hydroxyl groups is 2. The maximum atomic E-state index is 13.3. The number of alkyl halides is 18. The summed E-state index contributed by atoms with van der Waals surface area (Å²) in [5.41, 5.74) is -15.0. The van der Waals surface area contributed by atoms with Gasteiger partial charge in [0, 0.05) is 11.8 Å². The third kappa shape index (κ3) is 14.3. The third-order valence-electron chi connectivity index (χ3n) is 13.0. The van der Waals surface area contributed by atoms with Crippen LogP contribution in [0.4, 0.5) is 79.0 Å². The first-order valence-corrected chi connectivity index (χ1v) is 21.9. The summed E-state index contributed by atoms with van der Waals surface area (Å²) >= 11 is 0. The quantitative estimate of drug-likeness (QED) is 0.114. The summed E-state index contributed by atoms with van der Waals surface area (Å²) in [5.74, 6) is -11.4. The predicted molar refractivity (Wildman–Crippen MR) is 207 cm³/mol. The Kier molecular flexibility index (Phi) is 19.3. The first-order chi connectivity index (χ1) is 32.2. The van der Waals surface area contributed by atoms with Crippen molar-refractivity contribution in [3.63, 3.8) is 0 Å². The number of carbonyl (C=O) groups is 4. The number of hydrogen-bond acceptors (Lipinski definition) is 13. The summed E-state index contributed by atoms with van der Waals surface area (Å²) in [7, 11) is 0. The van der Waals surface area contributed by atoms with E-state index in [4.69, 9.17) is 28.4 Å². The summed E-state index contributed by atoms with van der Waals surface area (Å²) < 4.78 is 268. The van der Waals surface area contributed by atoms with Gasteiger partial charge in [0.05, 0.1) is 16.2 Å². The van der Waals surface area contributed by atoms with Crippen molar-refractivity contribution in [2.75, 3.05) is 0 Å². The molecule has 0 radical (unpaired) electrons. The van der Waals surface area contributed by atoms with Gasteiger partial charge in [-0.2, -0.15) is 79.0 Å². The van der Waals surface area contributed by atoms with Crippen molar-refractivity contribution in [2.45, 2.75) is 212 Å². The summed E-state index contributed by atoms with van der Waals surface area (Å²) in [6, 6.07) is 0. The van der Waals surface area contributed by atoms with Crippen LogP contribution in [0.15, 0.2) is 0 Å². The van der Waals surface area contributed by atoms with Crippen LogP contribution in [-0.4, -0.2) is 131 Å². The van der Waals surface area contributed by atoms with E-state index < -0.39 is 168 Å². The van der Waals surface area contributed by atoms with E-state index in [-0.39, 0.29) is 12.8 Å². The fourth-order valence-corrected chi connectivity index (χ4v) is 7.23. The average Bonchev–Trinajstić information content (AvgIpc) is 3.80. The van der Waals surface area contributed by atoms with Gasteiger partial charge in [-0.25, -0.2) is 4.79 Å². The lowest BCUT2D eigenvalue weighted by Gasteiger charge is -2.48. The minimum absolute atomic E-state index is 0.0184. The lowest BCUT2D eigenvalue weighted by molar-refractivity contribution is -0.405. The first kappa shape index (κ1) is 65.5. The number of esters is 4. The van der Waals surface area contributed by atoms with Gasteiger partial charge >= 0.3 is 60.9 Å². The fraction of sp³-hybridized carbons (Fsp3) is 0.905. The molecule has 3 saturated heterocycles. The zero-order valence-corrected chi connectivity index (χ0v) is 40.6. The molecule has 0 bridgehead atoms. The number of hydrogen-bond donors (Lipinski definition) is 2. The predicted octanol–water partition coefficient (Wildman–Crippen LogP) is 10.1. The Labute approximate surface area is 405 Å². The summed E-state index contributed by atoms with van der Waals surface area (Å²) in [4.78, 5) is 47.6. The third-order valence-corrected chi connectivity index (χ3v) is 13.0. The molecule has 4 aliphatic rings. The highest BCUT2D eigenvalue weighted by atomic mass is 19.4. The standard InChI is InChI=1S/C18H22F12O4.C15H22O7.C9H12F6O2/c1-4-12(2,3)11(31)34-10-6-8(13(32,15(19,20)21)16(22,23)24)5-9(7-10)14(33,17(25,26)27)18(28,29)30;1-6-14(2,3)13(17)20-9-7-8(18-11(9)16)10-12(19-7)22-15(4,5)21-10;1-4-7(2,3)6(16)17-5(8(10,11)12)9(13,14)15/h8-10,32-33H,4-7H2,1-3H3;7-10,12H,6H2,1-5H3;5H,4H2,1-3H3. The van der Waals surface area contributed by atoms with E-state index >= 15 is 0 Å². The van der Waals surface area contributed by atoms with Crippen molar-refractivity contribution in [2.24, 2.45) is 28.1 Å². The van der Waals surface area contributed by atoms with Crippen molar-refractivity contribution < 1.29 is 142 Å². The van der Waals surface area contributed by atoms with E-state index in [9.17, 15) is 108 Å². The molecule has 2 N–H and O–H groups in total. The van der Waals surface area contributed by atoms with Gasteiger partial charge in [0.25, 0.3) is 17.3 Å². The van der Waals surface area contributed by atoms with Gasteiger partial charge in [0.15, 0.2) is 24.3 Å². The van der Waals surface area contributed by atoms with Gasteiger partial charge < -0.3 is 43.4 Å². The molecule has 7 atom stereocenters. The second kappa shape index (κ2) is 21.4. The van der Waals surface area contributed by atoms with Crippen molar-refractivity contribution in [3.8, 4) is 0 Å². The summed E-state index contributed by atoms with van der Waals surface area (Å²) in [6.07, 6.45) is -52.2. The number of halogens is 18. The molecule has 73 heavy (non-hydrogen) atoms. The highest BCUT2D eigenvalue weighted by Gasteiger charge is 2.78. The molecule has 31 heteroatoms. The van der Waals surface area contributed by atoms with E-state index in [1.54, 1.807) is 27.7 Å². The SMILES string of the molecule is CCC(C)(C)C(=O)OC(C(F)(F)F)C(F)(F)F.CCC(C)(C)C(=O)OC1C(=O)OC2C3OC(C)(C)OC3OC12.CCC(C)(C)C(=O)OC1CC(C(O)(C(F)(F)F)C(F)(F)F)CC(C(O)(C(F)(F)F)C(F)(F)F)C1. The van der Waals surface area contributed by atoms with Crippen LogP contribution in [0.2, 0.25) is 0 Å². The van der Waals surface area contributed by atoms with E-state index in [1.165, 1.54) is 41.5 Å². The van der Waals surface area contributed by atoms with E-state index in [0.29, 0.717) is 6.42 Å². The molecular formula is C42H56F18O13. The largest absolute Gasteiger partial charge is 0.462 e. The fourth-order valence-electron chi connectivity index (χ4n) is 7.23. The monoisotopic (exact) mass is 1110 g/mol. The Morgan fingerprint density at radius 2 is 0.918 bits per heavy atom. The van der Waals surface area contributed by atoms with E-state index in [0.717, 1.165) is 0 Å². The lowest BCUT2D eigenvalue weighted by Crippen LogP contribution is -2.67. The Balaban J connectivity index is 0.000000402. The van der Waals surface area contributed by atoms with Gasteiger partial charge in [0.1, 0.15) is 12.2 Å². The molecule has 4 rings (SSSR count). The summed E-state index contributed by atoms with van der Waals surface area (Å²) in [6.45, 7) is 16.6. The molecule has 0 amide bonds. The van der Waals surface area contributed by atoms with Crippen LogP contribution in [0.25, 0.3) is 0 Å². The highest BCUT2D eigenvalue weighted by molar-refractivity contribution is 5.84. The molecule has 3 aliphatic heterocycles. The summed E-state index contributed by atoms with van der Waals surface area (Å²) in [5, 5.41) is 19.2. The smallest absolute Gasteiger partial charge is 0.434 e. The average molecular weight is 1110 g/mol. The van der Waals surface area contributed by atoms with Crippen molar-refractivity contribution >= 4 is 23.9 Å². The molecule has 7 unspecified atom stereocenters. The van der Waals surface area contributed by atoms with Crippen LogP contribution >= 0.6 is 0 Å². The van der Waals surface area contributed by atoms with E-state index in [1.807, 2.05) is 6.92 Å². The normalized spacial score (nSPS) is 26.4. The second-order valence-electron chi connectivity index (χ2n) is 20.0. The van der Waals surface area contributed by atoms with Crippen LogP contribution in [0.3, 0.4) is 0 Å². The zero-order chi connectivity index (χ0) is 57.7. The number of fused-ring (bicyclic) bond motifs is 3. The Bertz CT molecular complexity index is 1850.